The molecule has 0 amide bonds. The Balaban J connectivity index is 1.86. The topological polar surface area (TPSA) is 74.6 Å². The minimum absolute atomic E-state index is 0.00153. The van der Waals surface area contributed by atoms with Crippen molar-refractivity contribution in [1.29, 1.82) is 0 Å². The van der Waals surface area contributed by atoms with E-state index in [1.807, 2.05) is 13.8 Å². The Morgan fingerprint density at radius 3 is 2.59 bits per heavy atom. The Bertz CT molecular complexity index is 787. The van der Waals surface area contributed by atoms with Gasteiger partial charge in [-0.25, -0.2) is 4.39 Å². The number of alkyl halides is 1. The SMILES string of the molecule is CC(=O)[C@]1(O)CC[C@@H]2[C@H]3C[C@H](C)C4=CC(=O)C=C[C@]4(C)[C@]3(F)[C@H](O)C[C@]21C. The summed E-state index contributed by atoms with van der Waals surface area (Å²) in [5.41, 5.74) is -4.59. The maximum absolute atomic E-state index is 16.9. The van der Waals surface area contributed by atoms with E-state index in [1.54, 1.807) is 13.0 Å². The van der Waals surface area contributed by atoms with Gasteiger partial charge in [-0.05, 0) is 63.5 Å². The number of carbonyl (C=O) groups excluding carboxylic acids is 2. The molecule has 8 atom stereocenters. The maximum atomic E-state index is 16.9. The van der Waals surface area contributed by atoms with Gasteiger partial charge in [0.25, 0.3) is 0 Å². The summed E-state index contributed by atoms with van der Waals surface area (Å²) in [6, 6.07) is 0. The first-order chi connectivity index (χ1) is 12.4. The highest BCUT2D eigenvalue weighted by Gasteiger charge is 2.74. The standard InChI is InChI=1S/C22H29FO4/c1-12-9-17-15-6-8-21(27,13(2)24)20(15,4)11-18(26)22(17,23)19(3)7-5-14(25)10-16(12)19/h5,7,10,12,15,17-18,26-27H,6,8-9,11H2,1-4H3/t12-,15+,17+,18+,19-,20+,21+,22+/m0/s1. The Hall–Kier alpha value is -1.33. The predicted molar refractivity (Wildman–Crippen MR) is 98.5 cm³/mol. The smallest absolute Gasteiger partial charge is 0.178 e. The fourth-order valence-corrected chi connectivity index (χ4v) is 7.18. The first kappa shape index (κ1) is 19.0. The van der Waals surface area contributed by atoms with Crippen LogP contribution in [0.2, 0.25) is 0 Å². The zero-order valence-corrected chi connectivity index (χ0v) is 16.5. The van der Waals surface area contributed by atoms with Gasteiger partial charge in [-0.2, -0.15) is 0 Å². The molecule has 148 valence electrons. The van der Waals surface area contributed by atoms with Gasteiger partial charge >= 0.3 is 0 Å². The molecule has 0 saturated heterocycles. The lowest BCUT2D eigenvalue weighted by Gasteiger charge is -2.63. The second-order valence-corrected chi connectivity index (χ2v) is 9.75. The predicted octanol–water partition coefficient (Wildman–Crippen LogP) is 2.92. The molecule has 4 rings (SSSR count). The highest BCUT2D eigenvalue weighted by molar-refractivity contribution is 6.01. The molecule has 4 aliphatic carbocycles. The molecule has 27 heavy (non-hydrogen) atoms. The molecular weight excluding hydrogens is 347 g/mol. The van der Waals surface area contributed by atoms with Gasteiger partial charge in [0.15, 0.2) is 17.2 Å². The van der Waals surface area contributed by atoms with Crippen LogP contribution in [0.1, 0.15) is 53.4 Å². The van der Waals surface area contributed by atoms with E-state index >= 15 is 4.39 Å². The molecule has 0 heterocycles. The second kappa shape index (κ2) is 5.38. The van der Waals surface area contributed by atoms with Crippen LogP contribution in [0.15, 0.2) is 23.8 Å². The van der Waals surface area contributed by atoms with Crippen molar-refractivity contribution in [3.63, 3.8) is 0 Å². The highest BCUT2D eigenvalue weighted by atomic mass is 19.1. The molecule has 0 spiro atoms. The lowest BCUT2D eigenvalue weighted by molar-refractivity contribution is -0.219. The van der Waals surface area contributed by atoms with Gasteiger partial charge in [-0.15, -0.1) is 0 Å². The van der Waals surface area contributed by atoms with Gasteiger partial charge in [0.05, 0.1) is 6.10 Å². The number of aliphatic hydroxyl groups is 2. The first-order valence-corrected chi connectivity index (χ1v) is 9.97. The van der Waals surface area contributed by atoms with Crippen molar-refractivity contribution in [2.45, 2.75) is 70.8 Å². The Morgan fingerprint density at radius 2 is 1.96 bits per heavy atom. The maximum Gasteiger partial charge on any atom is 0.178 e. The largest absolute Gasteiger partial charge is 0.390 e. The number of fused-ring (bicyclic) bond motifs is 5. The number of hydrogen-bond donors (Lipinski definition) is 2. The second-order valence-electron chi connectivity index (χ2n) is 9.75. The quantitative estimate of drug-likeness (QED) is 0.738. The van der Waals surface area contributed by atoms with Crippen molar-refractivity contribution in [3.8, 4) is 0 Å². The number of rotatable bonds is 1. The molecule has 2 N–H and O–H groups in total. The van der Waals surface area contributed by atoms with Crippen LogP contribution >= 0.6 is 0 Å². The summed E-state index contributed by atoms with van der Waals surface area (Å²) >= 11 is 0. The van der Waals surface area contributed by atoms with Crippen LogP contribution in [0.25, 0.3) is 0 Å². The van der Waals surface area contributed by atoms with Gasteiger partial charge in [-0.1, -0.05) is 25.5 Å². The number of allylic oxidation sites excluding steroid dienone is 4. The first-order valence-electron chi connectivity index (χ1n) is 9.97. The number of Topliss-reactive ketones (excluding diaryl/α,β-unsaturated/α-hetero) is 1. The molecule has 3 saturated carbocycles. The van der Waals surface area contributed by atoms with E-state index in [2.05, 4.69) is 0 Å². The molecule has 4 aliphatic rings. The van der Waals surface area contributed by atoms with Crippen molar-refractivity contribution in [1.82, 2.24) is 0 Å². The number of ketones is 2. The highest BCUT2D eigenvalue weighted by Crippen LogP contribution is 2.70. The van der Waals surface area contributed by atoms with E-state index in [4.69, 9.17) is 0 Å². The minimum atomic E-state index is -1.92. The van der Waals surface area contributed by atoms with Crippen LogP contribution in [0.5, 0.6) is 0 Å². The summed E-state index contributed by atoms with van der Waals surface area (Å²) in [4.78, 5) is 24.2. The molecule has 0 aromatic rings. The summed E-state index contributed by atoms with van der Waals surface area (Å²) in [7, 11) is 0. The van der Waals surface area contributed by atoms with E-state index in [0.717, 1.165) is 5.57 Å². The monoisotopic (exact) mass is 376 g/mol. The molecule has 5 heteroatoms. The van der Waals surface area contributed by atoms with Crippen molar-refractivity contribution in [2.75, 3.05) is 0 Å². The summed E-state index contributed by atoms with van der Waals surface area (Å²) in [5, 5.41) is 22.3. The van der Waals surface area contributed by atoms with E-state index in [-0.39, 0.29) is 29.8 Å². The number of halogens is 1. The molecule has 0 aromatic carbocycles. The molecule has 0 aromatic heterocycles. The zero-order valence-electron chi connectivity index (χ0n) is 16.5. The van der Waals surface area contributed by atoms with Gasteiger partial charge < -0.3 is 10.2 Å². The Kier molecular flexibility index (Phi) is 3.79. The Labute approximate surface area is 159 Å². The summed E-state index contributed by atoms with van der Waals surface area (Å²) in [6.45, 7) is 7.01. The van der Waals surface area contributed by atoms with Crippen LogP contribution in [0, 0.1) is 28.6 Å². The third-order valence-electron chi connectivity index (χ3n) is 8.70. The molecule has 0 radical (unpaired) electrons. The average Bonchev–Trinajstić information content (AvgIpc) is 2.85. The number of hydrogen-bond acceptors (Lipinski definition) is 4. The molecule has 3 fully saturated rings. The number of aliphatic hydroxyl groups excluding tert-OH is 1. The molecule has 4 nitrogen and oxygen atoms in total. The van der Waals surface area contributed by atoms with E-state index in [1.165, 1.54) is 19.1 Å². The van der Waals surface area contributed by atoms with Crippen molar-refractivity contribution < 1.29 is 24.2 Å². The molecule has 0 unspecified atom stereocenters. The van der Waals surface area contributed by atoms with Crippen LogP contribution in [-0.2, 0) is 9.59 Å². The fraction of sp³-hybridized carbons (Fsp3) is 0.727. The van der Waals surface area contributed by atoms with Crippen molar-refractivity contribution in [2.24, 2.45) is 28.6 Å². The fourth-order valence-electron chi connectivity index (χ4n) is 7.18. The van der Waals surface area contributed by atoms with Gasteiger partial charge in [0.2, 0.25) is 0 Å². The normalized spacial score (nSPS) is 54.0. The van der Waals surface area contributed by atoms with Crippen LogP contribution in [-0.4, -0.2) is 39.2 Å². The summed E-state index contributed by atoms with van der Waals surface area (Å²) in [5.74, 6) is -1.11. The summed E-state index contributed by atoms with van der Waals surface area (Å²) in [6.07, 6.45) is 4.68. The van der Waals surface area contributed by atoms with Crippen LogP contribution in [0.3, 0.4) is 0 Å². The lowest BCUT2D eigenvalue weighted by Crippen LogP contribution is -2.69. The molecule has 0 aliphatic heterocycles. The van der Waals surface area contributed by atoms with Gasteiger partial charge in [-0.3, -0.25) is 9.59 Å². The minimum Gasteiger partial charge on any atom is -0.390 e. The third kappa shape index (κ3) is 2.00. The molecular formula is C22H29FO4. The Morgan fingerprint density at radius 1 is 1.30 bits per heavy atom. The molecule has 0 bridgehead atoms. The van der Waals surface area contributed by atoms with E-state index in [0.29, 0.717) is 19.3 Å². The van der Waals surface area contributed by atoms with Crippen LogP contribution < -0.4 is 0 Å². The zero-order chi connectivity index (χ0) is 20.0. The average molecular weight is 376 g/mol. The van der Waals surface area contributed by atoms with Crippen molar-refractivity contribution >= 4 is 11.6 Å². The van der Waals surface area contributed by atoms with Gasteiger partial charge in [0.1, 0.15) is 5.60 Å². The van der Waals surface area contributed by atoms with Crippen LogP contribution in [0.4, 0.5) is 4.39 Å². The summed E-state index contributed by atoms with van der Waals surface area (Å²) < 4.78 is 16.9. The lowest BCUT2D eigenvalue weighted by atomic mass is 9.43. The van der Waals surface area contributed by atoms with Crippen molar-refractivity contribution in [3.05, 3.63) is 23.8 Å². The van der Waals surface area contributed by atoms with E-state index in [9.17, 15) is 19.8 Å². The third-order valence-corrected chi connectivity index (χ3v) is 8.70. The van der Waals surface area contributed by atoms with Gasteiger partial charge in [0, 0.05) is 16.7 Å². The van der Waals surface area contributed by atoms with E-state index < -0.39 is 34.1 Å². The number of carbonyl (C=O) groups is 2.